The van der Waals surface area contributed by atoms with Gasteiger partial charge in [0.05, 0.1) is 30.3 Å². The van der Waals surface area contributed by atoms with Crippen LogP contribution in [-0.4, -0.2) is 29.9 Å². The van der Waals surface area contributed by atoms with Crippen LogP contribution in [0.15, 0.2) is 47.4 Å². The zero-order valence-electron chi connectivity index (χ0n) is 15.1. The molecule has 0 aromatic heterocycles. The molecule has 1 aliphatic rings. The number of amides is 1. The first kappa shape index (κ1) is 19.9. The van der Waals surface area contributed by atoms with Crippen molar-refractivity contribution in [2.45, 2.75) is 6.92 Å². The smallest absolute Gasteiger partial charge is 0.270 e. The topological polar surface area (TPSA) is 78.9 Å². The summed E-state index contributed by atoms with van der Waals surface area (Å²) < 4.78 is 11.2. The lowest BCUT2D eigenvalue weighted by Gasteiger charge is -2.15. The van der Waals surface area contributed by atoms with E-state index >= 15 is 0 Å². The number of benzene rings is 2. The molecule has 0 unspecified atom stereocenters. The number of methoxy groups -OCH3 is 1. The van der Waals surface area contributed by atoms with Gasteiger partial charge in [-0.25, -0.2) is 0 Å². The maximum Gasteiger partial charge on any atom is 0.270 e. The van der Waals surface area contributed by atoms with E-state index in [-0.39, 0.29) is 11.5 Å². The first-order valence-corrected chi connectivity index (χ1v) is 9.57. The van der Waals surface area contributed by atoms with Gasteiger partial charge >= 0.3 is 0 Å². The molecule has 0 saturated carbocycles. The number of hydrogen-bond donors (Lipinski definition) is 0. The van der Waals surface area contributed by atoms with Crippen LogP contribution in [0.3, 0.4) is 0 Å². The number of thioether (sulfide) groups is 1. The van der Waals surface area contributed by atoms with Crippen LogP contribution < -0.4 is 19.5 Å². The molecule has 1 saturated heterocycles. The van der Waals surface area contributed by atoms with Gasteiger partial charge in [-0.05, 0) is 48.4 Å². The van der Waals surface area contributed by atoms with E-state index in [0.717, 1.165) is 17.3 Å². The second kappa shape index (κ2) is 8.45. The molecule has 1 aliphatic heterocycles. The number of carboxylic acid groups (broad SMARTS) is 1. The third-order valence-electron chi connectivity index (χ3n) is 3.92. The molecule has 144 valence electrons. The Balaban J connectivity index is 1.91. The Morgan fingerprint density at radius 2 is 2.04 bits per heavy atom. The molecule has 3 rings (SSSR count). The minimum absolute atomic E-state index is 0.0215. The lowest BCUT2D eigenvalue weighted by molar-refractivity contribution is -0.255. The standard InChI is InChI=1S/C20H17NO5S2/c1-3-26-15-8-7-12(9-16(15)25-2)10-17-18(22)21(20(27)28-17)14-6-4-5-13(11-14)19(23)24/h4-11H,3H2,1-2H3,(H,23,24)/p-1/b17-10-. The Kier molecular flexibility index (Phi) is 6.01. The minimum Gasteiger partial charge on any atom is -0.545 e. The molecule has 6 nitrogen and oxygen atoms in total. The van der Waals surface area contributed by atoms with E-state index in [0.29, 0.717) is 33.0 Å². The number of carbonyl (C=O) groups excluding carboxylic acids is 2. The van der Waals surface area contributed by atoms with Gasteiger partial charge in [0.15, 0.2) is 15.8 Å². The fourth-order valence-electron chi connectivity index (χ4n) is 2.66. The third kappa shape index (κ3) is 4.02. The molecule has 0 aliphatic carbocycles. The van der Waals surface area contributed by atoms with E-state index in [1.54, 1.807) is 37.5 Å². The van der Waals surface area contributed by atoms with Crippen molar-refractivity contribution < 1.29 is 24.2 Å². The second-order valence-electron chi connectivity index (χ2n) is 5.70. The highest BCUT2D eigenvalue weighted by Crippen LogP contribution is 2.37. The van der Waals surface area contributed by atoms with Crippen molar-refractivity contribution in [1.82, 2.24) is 0 Å². The number of ether oxygens (including phenoxy) is 2. The van der Waals surface area contributed by atoms with Gasteiger partial charge in [-0.1, -0.05) is 42.2 Å². The Morgan fingerprint density at radius 1 is 1.25 bits per heavy atom. The average Bonchev–Trinajstić information content (AvgIpc) is 2.96. The summed E-state index contributed by atoms with van der Waals surface area (Å²) in [6.45, 7) is 2.40. The predicted octanol–water partition coefficient (Wildman–Crippen LogP) is 2.86. The maximum absolute atomic E-state index is 12.9. The minimum atomic E-state index is -1.32. The van der Waals surface area contributed by atoms with E-state index in [1.807, 2.05) is 13.0 Å². The van der Waals surface area contributed by atoms with Crippen molar-refractivity contribution in [2.75, 3.05) is 18.6 Å². The van der Waals surface area contributed by atoms with Gasteiger partial charge in [0.25, 0.3) is 5.91 Å². The molecule has 0 N–H and O–H groups in total. The van der Waals surface area contributed by atoms with Crippen molar-refractivity contribution in [2.24, 2.45) is 0 Å². The lowest BCUT2D eigenvalue weighted by Crippen LogP contribution is -2.28. The van der Waals surface area contributed by atoms with Gasteiger partial charge in [0.1, 0.15) is 0 Å². The number of hydrogen-bond acceptors (Lipinski definition) is 7. The van der Waals surface area contributed by atoms with Crippen LogP contribution >= 0.6 is 24.0 Å². The van der Waals surface area contributed by atoms with Gasteiger partial charge in [-0.15, -0.1) is 0 Å². The van der Waals surface area contributed by atoms with Crippen molar-refractivity contribution in [3.8, 4) is 11.5 Å². The van der Waals surface area contributed by atoms with E-state index in [9.17, 15) is 14.7 Å². The van der Waals surface area contributed by atoms with Crippen LogP contribution in [0.1, 0.15) is 22.8 Å². The average molecular weight is 414 g/mol. The molecule has 0 spiro atoms. The summed E-state index contributed by atoms with van der Waals surface area (Å²) in [6.07, 6.45) is 1.71. The highest BCUT2D eigenvalue weighted by atomic mass is 32.2. The zero-order chi connectivity index (χ0) is 20.3. The number of aromatic carboxylic acids is 1. The quantitative estimate of drug-likeness (QED) is 0.531. The molecule has 2 aromatic carbocycles. The van der Waals surface area contributed by atoms with Crippen LogP contribution in [0.25, 0.3) is 6.08 Å². The predicted molar refractivity (Wildman–Crippen MR) is 111 cm³/mol. The molecular formula is C20H16NO5S2-. The fraction of sp³-hybridized carbons (Fsp3) is 0.150. The molecule has 0 atom stereocenters. The van der Waals surface area contributed by atoms with Gasteiger partial charge in [-0.3, -0.25) is 9.69 Å². The van der Waals surface area contributed by atoms with Crippen LogP contribution in [-0.2, 0) is 4.79 Å². The molecule has 0 bridgehead atoms. The molecular weight excluding hydrogens is 398 g/mol. The Morgan fingerprint density at radius 3 is 2.71 bits per heavy atom. The normalized spacial score (nSPS) is 15.2. The van der Waals surface area contributed by atoms with Crippen LogP contribution in [0.5, 0.6) is 11.5 Å². The number of thiocarbonyl (C=S) groups is 1. The first-order chi connectivity index (χ1) is 13.4. The molecule has 28 heavy (non-hydrogen) atoms. The number of nitrogens with zero attached hydrogens (tertiary/aromatic N) is 1. The van der Waals surface area contributed by atoms with Crippen molar-refractivity contribution in [3.63, 3.8) is 0 Å². The monoisotopic (exact) mass is 414 g/mol. The highest BCUT2D eigenvalue weighted by molar-refractivity contribution is 8.27. The second-order valence-corrected chi connectivity index (χ2v) is 7.37. The maximum atomic E-state index is 12.9. The van der Waals surface area contributed by atoms with Crippen molar-refractivity contribution in [3.05, 3.63) is 58.5 Å². The van der Waals surface area contributed by atoms with Crippen LogP contribution in [0.2, 0.25) is 0 Å². The van der Waals surface area contributed by atoms with Crippen LogP contribution in [0.4, 0.5) is 5.69 Å². The Hall–Kier alpha value is -2.84. The van der Waals surface area contributed by atoms with E-state index in [1.165, 1.54) is 17.0 Å². The van der Waals surface area contributed by atoms with E-state index in [4.69, 9.17) is 21.7 Å². The molecule has 0 radical (unpaired) electrons. The van der Waals surface area contributed by atoms with Crippen LogP contribution in [0, 0.1) is 0 Å². The summed E-state index contributed by atoms with van der Waals surface area (Å²) in [7, 11) is 1.55. The number of carboxylic acids is 1. The summed E-state index contributed by atoms with van der Waals surface area (Å²) >= 11 is 6.47. The van der Waals surface area contributed by atoms with Gasteiger partial charge in [0.2, 0.25) is 0 Å². The first-order valence-electron chi connectivity index (χ1n) is 8.34. The Bertz CT molecular complexity index is 986. The molecule has 8 heteroatoms. The lowest BCUT2D eigenvalue weighted by atomic mass is 10.1. The summed E-state index contributed by atoms with van der Waals surface area (Å²) in [6, 6.07) is 11.3. The van der Waals surface area contributed by atoms with E-state index < -0.39 is 5.97 Å². The Labute approximate surface area is 171 Å². The van der Waals surface area contributed by atoms with Crippen molar-refractivity contribution in [1.29, 1.82) is 0 Å². The largest absolute Gasteiger partial charge is 0.545 e. The zero-order valence-corrected chi connectivity index (χ0v) is 16.8. The fourth-order valence-corrected chi connectivity index (χ4v) is 3.96. The summed E-state index contributed by atoms with van der Waals surface area (Å²) in [5.74, 6) is -0.454. The molecule has 2 aromatic rings. The highest BCUT2D eigenvalue weighted by Gasteiger charge is 2.33. The van der Waals surface area contributed by atoms with Gasteiger partial charge < -0.3 is 19.4 Å². The number of rotatable bonds is 6. The number of carbonyl (C=O) groups is 2. The SMILES string of the molecule is CCOc1ccc(/C=C2\SC(=S)N(c3cccc(C(=O)[O-])c3)C2=O)cc1OC. The summed E-state index contributed by atoms with van der Waals surface area (Å²) in [4.78, 5) is 25.7. The summed E-state index contributed by atoms with van der Waals surface area (Å²) in [5, 5.41) is 11.1. The number of anilines is 1. The van der Waals surface area contributed by atoms with Gasteiger partial charge in [-0.2, -0.15) is 0 Å². The van der Waals surface area contributed by atoms with Crippen molar-refractivity contribution >= 4 is 51.9 Å². The van der Waals surface area contributed by atoms with E-state index in [2.05, 4.69) is 0 Å². The molecule has 1 fully saturated rings. The summed E-state index contributed by atoms with van der Waals surface area (Å²) in [5.41, 5.74) is 1.12. The molecule has 1 heterocycles. The third-order valence-corrected chi connectivity index (χ3v) is 5.22. The molecule has 1 amide bonds. The van der Waals surface area contributed by atoms with Gasteiger partial charge in [0, 0.05) is 0 Å².